The van der Waals surface area contributed by atoms with Gasteiger partial charge in [0, 0.05) is 0 Å². The van der Waals surface area contributed by atoms with Gasteiger partial charge in [-0.3, -0.25) is 0 Å². The monoisotopic (exact) mass is 339 g/mol. The van der Waals surface area contributed by atoms with Crippen LogP contribution in [0.4, 0.5) is 0 Å². The van der Waals surface area contributed by atoms with Crippen molar-refractivity contribution in [3.63, 3.8) is 0 Å². The fraction of sp³-hybridized carbons (Fsp3) is 0.125. The molecule has 0 unspecified atom stereocenters. The fourth-order valence-electron chi connectivity index (χ4n) is 2.21. The second kappa shape index (κ2) is 6.47. The predicted octanol–water partition coefficient (Wildman–Crippen LogP) is 3.68. The largest absolute Gasteiger partial charge is 0.238 e. The minimum absolute atomic E-state index is 0.636. The molecule has 0 aliphatic heterocycles. The zero-order chi connectivity index (χ0) is 15.5. The maximum absolute atomic E-state index is 4.58. The highest BCUT2D eigenvalue weighted by molar-refractivity contribution is 8.01. The van der Waals surface area contributed by atoms with Gasteiger partial charge >= 0.3 is 0 Å². The van der Waals surface area contributed by atoms with E-state index >= 15 is 0 Å². The third-order valence-corrected chi connectivity index (χ3v) is 5.27. The first-order valence-corrected chi connectivity index (χ1v) is 8.85. The molecule has 0 radical (unpaired) electrons. The molecule has 5 nitrogen and oxygen atoms in total. The van der Waals surface area contributed by atoms with Crippen molar-refractivity contribution in [2.45, 2.75) is 22.5 Å². The highest BCUT2D eigenvalue weighted by atomic mass is 32.2. The molecule has 23 heavy (non-hydrogen) atoms. The van der Waals surface area contributed by atoms with Crippen LogP contribution in [0.5, 0.6) is 0 Å². The van der Waals surface area contributed by atoms with Gasteiger partial charge in [0.1, 0.15) is 0 Å². The zero-order valence-electron chi connectivity index (χ0n) is 12.2. The van der Waals surface area contributed by atoms with Crippen LogP contribution in [-0.4, -0.2) is 25.2 Å². The molecule has 0 aliphatic rings. The summed E-state index contributed by atoms with van der Waals surface area (Å²) in [7, 11) is 0. The Bertz CT molecular complexity index is 883. The van der Waals surface area contributed by atoms with Crippen molar-refractivity contribution in [2.75, 3.05) is 0 Å². The lowest BCUT2D eigenvalue weighted by Crippen LogP contribution is -2.05. The Hall–Kier alpha value is -2.25. The molecule has 0 spiro atoms. The zero-order valence-corrected chi connectivity index (χ0v) is 13.8. The Morgan fingerprint density at radius 1 is 1.00 bits per heavy atom. The van der Waals surface area contributed by atoms with E-state index in [4.69, 9.17) is 0 Å². The average molecular weight is 339 g/mol. The number of tetrazole rings is 1. The van der Waals surface area contributed by atoms with Gasteiger partial charge in [-0.1, -0.05) is 42.5 Å². The van der Waals surface area contributed by atoms with Gasteiger partial charge in [0.2, 0.25) is 5.16 Å². The number of fused-ring (bicyclic) bond motifs is 1. The van der Waals surface area contributed by atoms with E-state index < -0.39 is 0 Å². The summed E-state index contributed by atoms with van der Waals surface area (Å²) in [5.74, 6) is 0. The Morgan fingerprint density at radius 2 is 1.83 bits per heavy atom. The summed E-state index contributed by atoms with van der Waals surface area (Å²) in [5, 5.41) is 13.3. The van der Waals surface area contributed by atoms with Crippen LogP contribution in [0.25, 0.3) is 10.2 Å². The highest BCUT2D eigenvalue weighted by Crippen LogP contribution is 2.32. The molecule has 0 fully saturated rings. The van der Waals surface area contributed by atoms with E-state index in [2.05, 4.69) is 38.6 Å². The van der Waals surface area contributed by atoms with Crippen molar-refractivity contribution in [3.05, 3.63) is 60.2 Å². The summed E-state index contributed by atoms with van der Waals surface area (Å²) in [6.07, 6.45) is 0.891. The Labute approximate surface area is 141 Å². The number of rotatable bonds is 5. The quantitative estimate of drug-likeness (QED) is 0.555. The lowest BCUT2D eigenvalue weighted by Gasteiger charge is -1.98. The maximum Gasteiger partial charge on any atom is 0.238 e. The van der Waals surface area contributed by atoms with Gasteiger partial charge in [0.15, 0.2) is 4.34 Å². The van der Waals surface area contributed by atoms with Crippen molar-refractivity contribution in [1.29, 1.82) is 0 Å². The molecule has 2 aromatic heterocycles. The Morgan fingerprint density at radius 3 is 2.70 bits per heavy atom. The molecule has 2 heterocycles. The normalized spacial score (nSPS) is 11.1. The smallest absolute Gasteiger partial charge is 0.229 e. The topological polar surface area (TPSA) is 56.5 Å². The number of nitrogens with zero attached hydrogens (tertiary/aromatic N) is 5. The molecule has 0 saturated carbocycles. The number of aryl methyl sites for hydroxylation is 2. The van der Waals surface area contributed by atoms with Crippen LogP contribution in [0.2, 0.25) is 0 Å². The number of benzene rings is 2. The predicted molar refractivity (Wildman–Crippen MR) is 91.7 cm³/mol. The van der Waals surface area contributed by atoms with Crippen molar-refractivity contribution >= 4 is 33.3 Å². The van der Waals surface area contributed by atoms with Gasteiger partial charge in [-0.2, -0.15) is 4.80 Å². The van der Waals surface area contributed by atoms with Gasteiger partial charge in [0.25, 0.3) is 0 Å². The van der Waals surface area contributed by atoms with E-state index in [1.165, 1.54) is 22.0 Å². The van der Waals surface area contributed by atoms with Crippen molar-refractivity contribution in [2.24, 2.45) is 0 Å². The summed E-state index contributed by atoms with van der Waals surface area (Å²) < 4.78 is 2.11. The van der Waals surface area contributed by atoms with Crippen LogP contribution < -0.4 is 0 Å². The molecule has 0 atom stereocenters. The lowest BCUT2D eigenvalue weighted by atomic mass is 10.2. The summed E-state index contributed by atoms with van der Waals surface area (Å²) >= 11 is 3.10. The molecule has 2 aromatic carbocycles. The van der Waals surface area contributed by atoms with Crippen LogP contribution in [0, 0.1) is 0 Å². The van der Waals surface area contributed by atoms with Gasteiger partial charge in [-0.25, -0.2) is 4.98 Å². The first-order valence-electron chi connectivity index (χ1n) is 7.22. The standard InChI is InChI=1S/C16H13N5S2/c1-2-6-12(7-3-1)10-11-21-19-15(18-20-21)23-16-17-13-8-4-5-9-14(13)22-16/h1-9H,10-11H2. The molecule has 114 valence electrons. The molecular weight excluding hydrogens is 326 g/mol. The lowest BCUT2D eigenvalue weighted by molar-refractivity contribution is 0.519. The van der Waals surface area contributed by atoms with Gasteiger partial charge in [0.05, 0.1) is 16.8 Å². The van der Waals surface area contributed by atoms with E-state index in [-0.39, 0.29) is 0 Å². The Balaban J connectivity index is 1.43. The molecule has 0 N–H and O–H groups in total. The van der Waals surface area contributed by atoms with Gasteiger partial charge in [-0.15, -0.1) is 21.5 Å². The summed E-state index contributed by atoms with van der Waals surface area (Å²) in [4.78, 5) is 6.22. The Kier molecular flexibility index (Phi) is 4.04. The van der Waals surface area contributed by atoms with Gasteiger partial charge in [-0.05, 0) is 41.1 Å². The third kappa shape index (κ3) is 3.40. The van der Waals surface area contributed by atoms with Crippen LogP contribution in [0.3, 0.4) is 0 Å². The number of aromatic nitrogens is 5. The van der Waals surface area contributed by atoms with Crippen LogP contribution >= 0.6 is 23.1 Å². The minimum Gasteiger partial charge on any atom is -0.229 e. The maximum atomic E-state index is 4.58. The molecule has 0 bridgehead atoms. The highest BCUT2D eigenvalue weighted by Gasteiger charge is 2.09. The summed E-state index contributed by atoms with van der Waals surface area (Å²) in [6.45, 7) is 0.720. The fourth-order valence-corrected chi connectivity index (χ4v) is 4.08. The summed E-state index contributed by atoms with van der Waals surface area (Å²) in [6, 6.07) is 18.4. The number of hydrogen-bond acceptors (Lipinski definition) is 6. The van der Waals surface area contributed by atoms with Gasteiger partial charge < -0.3 is 0 Å². The van der Waals surface area contributed by atoms with E-state index in [0.717, 1.165) is 22.8 Å². The number of hydrogen-bond donors (Lipinski definition) is 0. The third-order valence-electron chi connectivity index (χ3n) is 3.33. The van der Waals surface area contributed by atoms with E-state index in [1.807, 2.05) is 36.4 Å². The average Bonchev–Trinajstić information content (AvgIpc) is 3.20. The van der Waals surface area contributed by atoms with Crippen molar-refractivity contribution < 1.29 is 0 Å². The SMILES string of the molecule is c1ccc(CCn2nnc(Sc3nc4ccccc4s3)n2)cc1. The van der Waals surface area contributed by atoms with Crippen molar-refractivity contribution in [3.8, 4) is 0 Å². The minimum atomic E-state index is 0.636. The first kappa shape index (κ1) is 14.3. The van der Waals surface area contributed by atoms with Crippen LogP contribution in [0.15, 0.2) is 64.1 Å². The molecule has 0 saturated heterocycles. The number of thiazole rings is 1. The molecule has 4 rings (SSSR count). The molecular formula is C16H13N5S2. The first-order chi connectivity index (χ1) is 11.4. The van der Waals surface area contributed by atoms with E-state index in [1.54, 1.807) is 16.1 Å². The molecule has 4 aromatic rings. The van der Waals surface area contributed by atoms with Crippen molar-refractivity contribution in [1.82, 2.24) is 25.2 Å². The number of para-hydroxylation sites is 1. The van der Waals surface area contributed by atoms with E-state index in [0.29, 0.717) is 5.16 Å². The second-order valence-corrected chi connectivity index (χ2v) is 7.20. The molecule has 7 heteroatoms. The van der Waals surface area contributed by atoms with Crippen LogP contribution in [0.1, 0.15) is 5.56 Å². The summed E-state index contributed by atoms with van der Waals surface area (Å²) in [5.41, 5.74) is 2.28. The van der Waals surface area contributed by atoms with E-state index in [9.17, 15) is 0 Å². The van der Waals surface area contributed by atoms with Crippen LogP contribution in [-0.2, 0) is 13.0 Å². The molecule has 0 aliphatic carbocycles. The second-order valence-electron chi connectivity index (χ2n) is 4.95. The molecule has 0 amide bonds.